The number of fused-ring (bicyclic) bond motifs is 3. The first-order valence-electron chi connectivity index (χ1n) is 9.03. The van der Waals surface area contributed by atoms with Crippen molar-refractivity contribution in [3.8, 4) is 34.5 Å². The molecule has 0 bridgehead atoms. The van der Waals surface area contributed by atoms with Gasteiger partial charge in [0, 0.05) is 25.4 Å². The third-order valence-corrected chi connectivity index (χ3v) is 4.58. The highest BCUT2D eigenvalue weighted by Crippen LogP contribution is 2.45. The van der Waals surface area contributed by atoms with E-state index in [2.05, 4.69) is 30.2 Å². The Bertz CT molecular complexity index is 1170. The molecule has 1 N–H and O–H groups in total. The molecule has 0 saturated carbocycles. The molecule has 0 fully saturated rings. The number of anilines is 1. The zero-order valence-corrected chi connectivity index (χ0v) is 15.5. The third-order valence-electron chi connectivity index (χ3n) is 4.58. The van der Waals surface area contributed by atoms with Gasteiger partial charge in [-0.2, -0.15) is 9.97 Å². The fourth-order valence-corrected chi connectivity index (χ4v) is 3.36. The minimum Gasteiger partial charge on any atom is -0.435 e. The molecule has 0 amide bonds. The number of rotatable bonds is 5. The normalized spacial score (nSPS) is 11.5. The molecule has 0 aliphatic heterocycles. The maximum atomic E-state index is 6.04. The van der Waals surface area contributed by atoms with Crippen molar-refractivity contribution in [1.82, 2.24) is 24.9 Å². The van der Waals surface area contributed by atoms with Crippen molar-refractivity contribution >= 4 is 5.69 Å². The molecule has 1 aliphatic carbocycles. The second-order valence-corrected chi connectivity index (χ2v) is 6.36. The van der Waals surface area contributed by atoms with E-state index in [9.17, 15) is 0 Å². The number of benzene rings is 1. The first-order chi connectivity index (χ1) is 14.3. The molecule has 4 aromatic rings. The predicted octanol–water partition coefficient (Wildman–Crippen LogP) is 3.86. The number of pyridine rings is 1. The Balaban J connectivity index is 1.62. The van der Waals surface area contributed by atoms with Gasteiger partial charge >= 0.3 is 6.01 Å². The lowest BCUT2D eigenvalue weighted by molar-refractivity contribution is 0.409. The third kappa shape index (κ3) is 3.20. The molecule has 1 aromatic carbocycles. The highest BCUT2D eigenvalue weighted by atomic mass is 16.5. The van der Waals surface area contributed by atoms with E-state index in [0.717, 1.165) is 28.1 Å². The van der Waals surface area contributed by atoms with Crippen LogP contribution >= 0.6 is 0 Å². The second-order valence-electron chi connectivity index (χ2n) is 6.36. The summed E-state index contributed by atoms with van der Waals surface area (Å²) in [4.78, 5) is 21.2. The molecule has 0 saturated heterocycles. The molecular formula is C21H16N6O2. The van der Waals surface area contributed by atoms with Crippen LogP contribution < -0.4 is 14.8 Å². The lowest BCUT2D eigenvalue weighted by atomic mass is 10.1. The van der Waals surface area contributed by atoms with E-state index in [1.165, 1.54) is 6.33 Å². The number of nitrogens with zero attached hydrogens (tertiary/aromatic N) is 5. The summed E-state index contributed by atoms with van der Waals surface area (Å²) < 4.78 is 11.9. The van der Waals surface area contributed by atoms with Crippen LogP contribution in [0.2, 0.25) is 0 Å². The molecule has 1 aliphatic rings. The highest BCUT2D eigenvalue weighted by molar-refractivity contribution is 5.84. The van der Waals surface area contributed by atoms with E-state index in [4.69, 9.17) is 9.47 Å². The molecule has 3 heterocycles. The molecule has 8 nitrogen and oxygen atoms in total. The van der Waals surface area contributed by atoms with Crippen LogP contribution in [0.1, 0.15) is 11.3 Å². The lowest BCUT2D eigenvalue weighted by Crippen LogP contribution is -2.00. The van der Waals surface area contributed by atoms with Crippen molar-refractivity contribution in [3.05, 3.63) is 72.7 Å². The van der Waals surface area contributed by atoms with Crippen molar-refractivity contribution in [1.29, 1.82) is 0 Å². The van der Waals surface area contributed by atoms with Gasteiger partial charge in [-0.15, -0.1) is 0 Å². The van der Waals surface area contributed by atoms with Gasteiger partial charge in [-0.1, -0.05) is 12.1 Å². The Morgan fingerprint density at radius 3 is 2.55 bits per heavy atom. The number of nitrogens with one attached hydrogen (secondary N) is 1. The molecule has 0 atom stereocenters. The maximum Gasteiger partial charge on any atom is 0.325 e. The maximum absolute atomic E-state index is 6.04. The van der Waals surface area contributed by atoms with Crippen LogP contribution in [0.25, 0.3) is 11.1 Å². The van der Waals surface area contributed by atoms with Crippen LogP contribution in [0.5, 0.6) is 23.4 Å². The topological polar surface area (TPSA) is 94.9 Å². The molecule has 5 rings (SSSR count). The fourth-order valence-electron chi connectivity index (χ4n) is 3.36. The monoisotopic (exact) mass is 384 g/mol. The molecular weight excluding hydrogens is 368 g/mol. The van der Waals surface area contributed by atoms with Gasteiger partial charge in [0.25, 0.3) is 0 Å². The molecule has 8 heteroatoms. The van der Waals surface area contributed by atoms with Crippen LogP contribution in [-0.4, -0.2) is 32.0 Å². The zero-order chi connectivity index (χ0) is 19.6. The average molecular weight is 384 g/mol. The van der Waals surface area contributed by atoms with Gasteiger partial charge in [-0.05, 0) is 29.3 Å². The fraction of sp³-hybridized carbons (Fsp3) is 0.0952. The average Bonchev–Trinajstić information content (AvgIpc) is 3.14. The molecule has 0 unspecified atom stereocenters. The quantitative estimate of drug-likeness (QED) is 0.488. The lowest BCUT2D eigenvalue weighted by Gasteiger charge is -2.12. The van der Waals surface area contributed by atoms with Crippen LogP contribution in [0, 0.1) is 0 Å². The Morgan fingerprint density at radius 1 is 0.897 bits per heavy atom. The van der Waals surface area contributed by atoms with Gasteiger partial charge in [0.05, 0.1) is 29.8 Å². The smallest absolute Gasteiger partial charge is 0.325 e. The summed E-state index contributed by atoms with van der Waals surface area (Å²) in [5.41, 5.74) is 4.91. The van der Waals surface area contributed by atoms with Crippen molar-refractivity contribution in [3.63, 3.8) is 0 Å². The van der Waals surface area contributed by atoms with Crippen molar-refractivity contribution in [2.75, 3.05) is 12.4 Å². The molecule has 0 radical (unpaired) electrons. The predicted molar refractivity (Wildman–Crippen MR) is 106 cm³/mol. The van der Waals surface area contributed by atoms with Crippen molar-refractivity contribution < 1.29 is 9.47 Å². The Morgan fingerprint density at radius 2 is 1.76 bits per heavy atom. The van der Waals surface area contributed by atoms with Gasteiger partial charge < -0.3 is 14.8 Å². The zero-order valence-electron chi connectivity index (χ0n) is 15.5. The van der Waals surface area contributed by atoms with Crippen LogP contribution in [0.3, 0.4) is 0 Å². The SMILES string of the molecule is CNc1cccc2c1Cc1nc(Oc3cccnc3)nc(Oc3cncnc3)c1-2. The highest BCUT2D eigenvalue weighted by Gasteiger charge is 2.28. The summed E-state index contributed by atoms with van der Waals surface area (Å²) in [5.74, 6) is 1.43. The summed E-state index contributed by atoms with van der Waals surface area (Å²) in [5, 5.41) is 3.24. The minimum absolute atomic E-state index is 0.197. The summed E-state index contributed by atoms with van der Waals surface area (Å²) in [6.45, 7) is 0. The van der Waals surface area contributed by atoms with Crippen LogP contribution in [0.15, 0.2) is 61.4 Å². The summed E-state index contributed by atoms with van der Waals surface area (Å²) in [6, 6.07) is 9.86. The first kappa shape index (κ1) is 17.1. The Kier molecular flexibility index (Phi) is 4.21. The standard InChI is InChI=1S/C21H16N6O2/c1-22-17-6-2-5-15-16(17)8-18-19(15)20(28-14-10-24-12-25-11-14)27-21(26-18)29-13-4-3-7-23-9-13/h2-7,9-12,22H,8H2,1H3. The first-order valence-corrected chi connectivity index (χ1v) is 9.03. The minimum atomic E-state index is 0.197. The number of ether oxygens (including phenoxy) is 2. The van der Waals surface area contributed by atoms with Crippen LogP contribution in [-0.2, 0) is 6.42 Å². The molecule has 142 valence electrons. The largest absolute Gasteiger partial charge is 0.435 e. The van der Waals surface area contributed by atoms with E-state index in [-0.39, 0.29) is 6.01 Å². The summed E-state index contributed by atoms with van der Waals surface area (Å²) in [7, 11) is 1.90. The van der Waals surface area contributed by atoms with E-state index >= 15 is 0 Å². The Labute approximate surface area is 166 Å². The van der Waals surface area contributed by atoms with E-state index in [1.54, 1.807) is 36.9 Å². The molecule has 3 aromatic heterocycles. The summed E-state index contributed by atoms with van der Waals surface area (Å²) >= 11 is 0. The van der Waals surface area contributed by atoms with Gasteiger partial charge in [0.2, 0.25) is 5.88 Å². The van der Waals surface area contributed by atoms with Gasteiger partial charge in [-0.3, -0.25) is 4.98 Å². The molecule has 29 heavy (non-hydrogen) atoms. The number of hydrogen-bond acceptors (Lipinski definition) is 8. The van der Waals surface area contributed by atoms with Crippen molar-refractivity contribution in [2.45, 2.75) is 6.42 Å². The second kappa shape index (κ2) is 7.16. The van der Waals surface area contributed by atoms with Gasteiger partial charge in [0.1, 0.15) is 12.1 Å². The van der Waals surface area contributed by atoms with E-state index < -0.39 is 0 Å². The van der Waals surface area contributed by atoms with E-state index in [0.29, 0.717) is 23.8 Å². The number of aromatic nitrogens is 5. The molecule has 0 spiro atoms. The number of hydrogen-bond donors (Lipinski definition) is 1. The van der Waals surface area contributed by atoms with Crippen LogP contribution in [0.4, 0.5) is 5.69 Å². The van der Waals surface area contributed by atoms with E-state index in [1.807, 2.05) is 25.2 Å². The van der Waals surface area contributed by atoms with Gasteiger partial charge in [-0.25, -0.2) is 9.97 Å². The van der Waals surface area contributed by atoms with Gasteiger partial charge in [0.15, 0.2) is 5.75 Å². The summed E-state index contributed by atoms with van der Waals surface area (Å²) in [6.07, 6.45) is 8.55. The Hall–Kier alpha value is -4.07. The van der Waals surface area contributed by atoms with Crippen molar-refractivity contribution in [2.24, 2.45) is 0 Å².